The maximum atomic E-state index is 11.0. The van der Waals surface area contributed by atoms with Gasteiger partial charge < -0.3 is 5.11 Å². The van der Waals surface area contributed by atoms with E-state index in [9.17, 15) is 4.79 Å². The number of carboxylic acids is 1. The number of benzene rings is 1. The minimum absolute atomic E-state index is 0.157. The molecule has 1 N–H and O–H groups in total. The summed E-state index contributed by atoms with van der Waals surface area (Å²) in [6, 6.07) is 10.2. The van der Waals surface area contributed by atoms with Crippen LogP contribution < -0.4 is 0 Å². The smallest absolute Gasteiger partial charge is 0.306 e. The average molecular weight is 204 g/mol. The van der Waals surface area contributed by atoms with Crippen molar-refractivity contribution in [3.8, 4) is 0 Å². The first-order valence-electron chi connectivity index (χ1n) is 5.51. The van der Waals surface area contributed by atoms with Crippen LogP contribution in [0.3, 0.4) is 0 Å². The summed E-state index contributed by atoms with van der Waals surface area (Å²) in [5.74, 6) is 0.0401. The molecular weight excluding hydrogens is 188 g/mol. The Morgan fingerprint density at radius 3 is 2.67 bits per heavy atom. The lowest BCUT2D eigenvalue weighted by Gasteiger charge is -2.08. The molecule has 2 heteroatoms. The molecule has 2 rings (SSSR count). The van der Waals surface area contributed by atoms with Crippen molar-refractivity contribution in [1.29, 1.82) is 0 Å². The predicted molar refractivity (Wildman–Crippen MR) is 58.7 cm³/mol. The van der Waals surface area contributed by atoms with Crippen LogP contribution in [0.15, 0.2) is 30.3 Å². The van der Waals surface area contributed by atoms with E-state index in [-0.39, 0.29) is 5.92 Å². The van der Waals surface area contributed by atoms with Crippen LogP contribution in [0.25, 0.3) is 0 Å². The van der Waals surface area contributed by atoms with Gasteiger partial charge in [-0.15, -0.1) is 0 Å². The first-order chi connectivity index (χ1) is 7.24. The van der Waals surface area contributed by atoms with Crippen molar-refractivity contribution in [1.82, 2.24) is 0 Å². The minimum atomic E-state index is -0.638. The lowest BCUT2D eigenvalue weighted by Crippen LogP contribution is -2.15. The Kier molecular flexibility index (Phi) is 2.76. The number of hydrogen-bond donors (Lipinski definition) is 1. The Morgan fingerprint density at radius 1 is 1.47 bits per heavy atom. The summed E-state index contributed by atoms with van der Waals surface area (Å²) < 4.78 is 0. The molecule has 1 aliphatic rings. The van der Waals surface area contributed by atoms with E-state index in [0.29, 0.717) is 11.8 Å². The van der Waals surface area contributed by atoms with Crippen LogP contribution in [0.2, 0.25) is 0 Å². The summed E-state index contributed by atoms with van der Waals surface area (Å²) in [5, 5.41) is 9.05. The number of hydrogen-bond acceptors (Lipinski definition) is 1. The molecule has 0 amide bonds. The zero-order chi connectivity index (χ0) is 10.8. The largest absolute Gasteiger partial charge is 0.481 e. The first kappa shape index (κ1) is 10.2. The number of aliphatic carboxylic acids is 1. The van der Waals surface area contributed by atoms with Gasteiger partial charge in [0, 0.05) is 0 Å². The van der Waals surface area contributed by atoms with Crippen LogP contribution in [0.1, 0.15) is 31.2 Å². The number of carboxylic acid groups (broad SMARTS) is 1. The van der Waals surface area contributed by atoms with Gasteiger partial charge in [0.15, 0.2) is 0 Å². The van der Waals surface area contributed by atoms with Crippen molar-refractivity contribution >= 4 is 5.97 Å². The topological polar surface area (TPSA) is 37.3 Å². The van der Waals surface area contributed by atoms with Crippen molar-refractivity contribution in [3.63, 3.8) is 0 Å². The second-order valence-electron chi connectivity index (χ2n) is 4.27. The Bertz CT molecular complexity index is 345. The number of carbonyl (C=O) groups is 1. The van der Waals surface area contributed by atoms with Gasteiger partial charge in [-0.25, -0.2) is 0 Å². The summed E-state index contributed by atoms with van der Waals surface area (Å²) in [4.78, 5) is 11.0. The zero-order valence-electron chi connectivity index (χ0n) is 8.89. The van der Waals surface area contributed by atoms with E-state index in [1.54, 1.807) is 0 Å². The highest BCUT2D eigenvalue weighted by molar-refractivity contribution is 5.71. The molecular formula is C13H16O2. The summed E-state index contributed by atoms with van der Waals surface area (Å²) in [5.41, 5.74) is 1.29. The van der Waals surface area contributed by atoms with Crippen LogP contribution in [0, 0.1) is 11.8 Å². The SMILES string of the molecule is CCC(C(=O)O)C1CC1c1ccccc1. The molecule has 0 heterocycles. The van der Waals surface area contributed by atoms with Gasteiger partial charge in [0.2, 0.25) is 0 Å². The molecule has 1 fully saturated rings. The van der Waals surface area contributed by atoms with Crippen molar-refractivity contribution in [3.05, 3.63) is 35.9 Å². The normalized spacial score (nSPS) is 25.9. The van der Waals surface area contributed by atoms with Crippen molar-refractivity contribution < 1.29 is 9.90 Å². The highest BCUT2D eigenvalue weighted by Crippen LogP contribution is 2.52. The van der Waals surface area contributed by atoms with Crippen LogP contribution in [0.5, 0.6) is 0 Å². The molecule has 3 unspecified atom stereocenters. The van der Waals surface area contributed by atoms with Crippen molar-refractivity contribution in [2.24, 2.45) is 11.8 Å². The fourth-order valence-electron chi connectivity index (χ4n) is 2.40. The summed E-state index contributed by atoms with van der Waals surface area (Å²) in [6.07, 6.45) is 1.78. The molecule has 15 heavy (non-hydrogen) atoms. The quantitative estimate of drug-likeness (QED) is 0.818. The van der Waals surface area contributed by atoms with Gasteiger partial charge in [0.1, 0.15) is 0 Å². The molecule has 0 spiro atoms. The van der Waals surface area contributed by atoms with Gasteiger partial charge >= 0.3 is 5.97 Å². The molecule has 1 aromatic rings. The average Bonchev–Trinajstić information content (AvgIpc) is 3.00. The second-order valence-corrected chi connectivity index (χ2v) is 4.27. The van der Waals surface area contributed by atoms with Gasteiger partial charge in [-0.2, -0.15) is 0 Å². The van der Waals surface area contributed by atoms with E-state index >= 15 is 0 Å². The molecule has 0 bridgehead atoms. The van der Waals surface area contributed by atoms with Crippen LogP contribution in [-0.4, -0.2) is 11.1 Å². The summed E-state index contributed by atoms with van der Waals surface area (Å²) in [6.45, 7) is 1.96. The van der Waals surface area contributed by atoms with E-state index < -0.39 is 5.97 Å². The summed E-state index contributed by atoms with van der Waals surface area (Å²) in [7, 11) is 0. The van der Waals surface area contributed by atoms with Crippen molar-refractivity contribution in [2.75, 3.05) is 0 Å². The van der Waals surface area contributed by atoms with E-state index in [4.69, 9.17) is 5.11 Å². The predicted octanol–water partition coefficient (Wildman–Crippen LogP) is 2.90. The maximum absolute atomic E-state index is 11.0. The van der Waals surface area contributed by atoms with Gasteiger partial charge in [0.25, 0.3) is 0 Å². The van der Waals surface area contributed by atoms with Gasteiger partial charge in [-0.05, 0) is 30.2 Å². The van der Waals surface area contributed by atoms with E-state index in [0.717, 1.165) is 12.8 Å². The fourth-order valence-corrected chi connectivity index (χ4v) is 2.40. The van der Waals surface area contributed by atoms with Crippen LogP contribution in [0.4, 0.5) is 0 Å². The Labute approximate surface area is 89.9 Å². The summed E-state index contributed by atoms with van der Waals surface area (Å²) >= 11 is 0. The highest BCUT2D eigenvalue weighted by atomic mass is 16.4. The van der Waals surface area contributed by atoms with E-state index in [2.05, 4.69) is 12.1 Å². The van der Waals surface area contributed by atoms with Gasteiger partial charge in [0.05, 0.1) is 5.92 Å². The molecule has 80 valence electrons. The zero-order valence-corrected chi connectivity index (χ0v) is 8.89. The van der Waals surface area contributed by atoms with Gasteiger partial charge in [-0.1, -0.05) is 37.3 Å². The Balaban J connectivity index is 2.04. The fraction of sp³-hybridized carbons (Fsp3) is 0.462. The molecule has 1 saturated carbocycles. The van der Waals surface area contributed by atoms with Gasteiger partial charge in [-0.3, -0.25) is 4.79 Å². The number of rotatable bonds is 4. The third-order valence-corrected chi connectivity index (χ3v) is 3.34. The third kappa shape index (κ3) is 2.04. The Morgan fingerprint density at radius 2 is 2.13 bits per heavy atom. The van der Waals surface area contributed by atoms with Crippen LogP contribution >= 0.6 is 0 Å². The molecule has 0 radical (unpaired) electrons. The molecule has 1 aromatic carbocycles. The minimum Gasteiger partial charge on any atom is -0.481 e. The molecule has 3 atom stereocenters. The Hall–Kier alpha value is -1.31. The van der Waals surface area contributed by atoms with E-state index in [1.165, 1.54) is 5.56 Å². The van der Waals surface area contributed by atoms with E-state index in [1.807, 2.05) is 25.1 Å². The van der Waals surface area contributed by atoms with Crippen LogP contribution in [-0.2, 0) is 4.79 Å². The lowest BCUT2D eigenvalue weighted by molar-refractivity contribution is -0.142. The standard InChI is InChI=1S/C13H16O2/c1-2-10(13(14)15)12-8-11(12)9-6-4-3-5-7-9/h3-7,10-12H,2,8H2,1H3,(H,14,15). The molecule has 0 saturated heterocycles. The third-order valence-electron chi connectivity index (χ3n) is 3.34. The first-order valence-corrected chi connectivity index (χ1v) is 5.51. The molecule has 0 aliphatic heterocycles. The lowest BCUT2D eigenvalue weighted by atomic mass is 9.97. The monoisotopic (exact) mass is 204 g/mol. The molecule has 0 aromatic heterocycles. The highest BCUT2D eigenvalue weighted by Gasteiger charge is 2.45. The molecule has 2 nitrogen and oxygen atoms in total. The second kappa shape index (κ2) is 4.05. The van der Waals surface area contributed by atoms with Crippen molar-refractivity contribution in [2.45, 2.75) is 25.7 Å². The maximum Gasteiger partial charge on any atom is 0.306 e. The molecule has 1 aliphatic carbocycles.